The van der Waals surface area contributed by atoms with Crippen LogP contribution in [0.5, 0.6) is 0 Å². The van der Waals surface area contributed by atoms with Crippen molar-refractivity contribution in [1.82, 2.24) is 5.32 Å². The van der Waals surface area contributed by atoms with Gasteiger partial charge in [0.15, 0.2) is 0 Å². The maximum atomic E-state index is 13.2. The van der Waals surface area contributed by atoms with Crippen molar-refractivity contribution in [1.29, 1.82) is 0 Å². The molecule has 1 aliphatic heterocycles. The highest BCUT2D eigenvalue weighted by molar-refractivity contribution is 5.61. The van der Waals surface area contributed by atoms with Gasteiger partial charge in [-0.25, -0.2) is 4.39 Å². The molecule has 18 heavy (non-hydrogen) atoms. The molecule has 0 saturated carbocycles. The Morgan fingerprint density at radius 2 is 2.22 bits per heavy atom. The molecule has 1 unspecified atom stereocenters. The van der Waals surface area contributed by atoms with E-state index in [2.05, 4.69) is 10.6 Å². The highest BCUT2D eigenvalue weighted by atomic mass is 19.1. The van der Waals surface area contributed by atoms with Crippen LogP contribution >= 0.6 is 0 Å². The average molecular weight is 253 g/mol. The van der Waals surface area contributed by atoms with Crippen molar-refractivity contribution in [2.75, 3.05) is 18.4 Å². The van der Waals surface area contributed by atoms with Crippen molar-refractivity contribution in [3.8, 4) is 0 Å². The Labute approximate surface area is 105 Å². The molecule has 0 bridgehead atoms. The van der Waals surface area contributed by atoms with E-state index < -0.39 is 10.7 Å². The van der Waals surface area contributed by atoms with Gasteiger partial charge >= 0.3 is 0 Å². The molecule has 1 atom stereocenters. The summed E-state index contributed by atoms with van der Waals surface area (Å²) in [6, 6.07) is 3.65. The Bertz CT molecular complexity index is 431. The topological polar surface area (TPSA) is 67.2 Å². The zero-order valence-electron chi connectivity index (χ0n) is 9.99. The first-order valence-corrected chi connectivity index (χ1v) is 6.08. The van der Waals surface area contributed by atoms with E-state index >= 15 is 0 Å². The van der Waals surface area contributed by atoms with Crippen molar-refractivity contribution in [3.05, 3.63) is 34.1 Å². The largest absolute Gasteiger partial charge is 0.377 e. The number of nitro benzene ring substituents is 1. The van der Waals surface area contributed by atoms with Crippen molar-refractivity contribution >= 4 is 11.4 Å². The minimum absolute atomic E-state index is 0.0754. The molecule has 0 spiro atoms. The molecule has 1 heterocycles. The van der Waals surface area contributed by atoms with E-state index in [1.54, 1.807) is 0 Å². The van der Waals surface area contributed by atoms with E-state index in [0.717, 1.165) is 38.4 Å². The maximum Gasteiger partial charge on any atom is 0.292 e. The van der Waals surface area contributed by atoms with Gasteiger partial charge in [-0.2, -0.15) is 0 Å². The smallest absolute Gasteiger partial charge is 0.292 e. The molecule has 0 aliphatic carbocycles. The second-order valence-electron chi connectivity index (χ2n) is 4.44. The molecular weight excluding hydrogens is 237 g/mol. The Hall–Kier alpha value is -1.69. The monoisotopic (exact) mass is 253 g/mol. The van der Waals surface area contributed by atoms with Crippen LogP contribution < -0.4 is 10.6 Å². The predicted octanol–water partition coefficient (Wildman–Crippen LogP) is 2.29. The van der Waals surface area contributed by atoms with Gasteiger partial charge in [0.2, 0.25) is 0 Å². The SMILES string of the molecule is O=[N+]([O-])c1ccc(F)cc1NC1CCCNCC1. The zero-order chi connectivity index (χ0) is 13.0. The predicted molar refractivity (Wildman–Crippen MR) is 67.2 cm³/mol. The molecule has 1 aromatic rings. The van der Waals surface area contributed by atoms with E-state index in [1.807, 2.05) is 0 Å². The molecular formula is C12H16FN3O2. The standard InChI is InChI=1S/C12H16FN3O2/c13-9-3-4-12(16(17)18)11(8-9)15-10-2-1-6-14-7-5-10/h3-4,8,10,14-15H,1-2,5-7H2. The lowest BCUT2D eigenvalue weighted by atomic mass is 10.1. The van der Waals surface area contributed by atoms with Crippen LogP contribution in [0.25, 0.3) is 0 Å². The van der Waals surface area contributed by atoms with Gasteiger partial charge in [0, 0.05) is 18.2 Å². The third kappa shape index (κ3) is 3.16. The van der Waals surface area contributed by atoms with Crippen LogP contribution in [-0.2, 0) is 0 Å². The van der Waals surface area contributed by atoms with Crippen LogP contribution in [0.2, 0.25) is 0 Å². The fourth-order valence-corrected chi connectivity index (χ4v) is 2.17. The summed E-state index contributed by atoms with van der Waals surface area (Å²) < 4.78 is 13.2. The molecule has 0 radical (unpaired) electrons. The van der Waals surface area contributed by atoms with Crippen LogP contribution in [0, 0.1) is 15.9 Å². The Balaban J connectivity index is 2.15. The average Bonchev–Trinajstić information content (AvgIpc) is 2.57. The highest BCUT2D eigenvalue weighted by Crippen LogP contribution is 2.26. The number of benzene rings is 1. The fraction of sp³-hybridized carbons (Fsp3) is 0.500. The number of hydrogen-bond donors (Lipinski definition) is 2. The van der Waals surface area contributed by atoms with E-state index in [9.17, 15) is 14.5 Å². The summed E-state index contributed by atoms with van der Waals surface area (Å²) in [5, 5.41) is 17.2. The van der Waals surface area contributed by atoms with Crippen LogP contribution in [0.1, 0.15) is 19.3 Å². The van der Waals surface area contributed by atoms with E-state index in [1.165, 1.54) is 12.1 Å². The van der Waals surface area contributed by atoms with Gasteiger partial charge in [0.05, 0.1) is 4.92 Å². The third-order valence-corrected chi connectivity index (χ3v) is 3.09. The maximum absolute atomic E-state index is 13.2. The van der Waals surface area contributed by atoms with E-state index in [0.29, 0.717) is 0 Å². The van der Waals surface area contributed by atoms with Gasteiger partial charge in [-0.1, -0.05) is 0 Å². The van der Waals surface area contributed by atoms with E-state index in [-0.39, 0.29) is 17.4 Å². The first-order chi connectivity index (χ1) is 8.66. The van der Waals surface area contributed by atoms with Crippen LogP contribution in [0.15, 0.2) is 18.2 Å². The summed E-state index contributed by atoms with van der Waals surface area (Å²) in [6.45, 7) is 1.84. The second kappa shape index (κ2) is 5.77. The summed E-state index contributed by atoms with van der Waals surface area (Å²) in [5.41, 5.74) is 0.195. The summed E-state index contributed by atoms with van der Waals surface area (Å²) >= 11 is 0. The zero-order valence-corrected chi connectivity index (χ0v) is 9.99. The fourth-order valence-electron chi connectivity index (χ4n) is 2.17. The number of anilines is 1. The minimum atomic E-state index is -0.489. The molecule has 2 N–H and O–H groups in total. The summed E-state index contributed by atoms with van der Waals surface area (Å²) in [7, 11) is 0. The lowest BCUT2D eigenvalue weighted by Crippen LogP contribution is -2.22. The van der Waals surface area contributed by atoms with Gasteiger partial charge in [0.1, 0.15) is 11.5 Å². The van der Waals surface area contributed by atoms with Gasteiger partial charge < -0.3 is 10.6 Å². The van der Waals surface area contributed by atoms with Crippen LogP contribution in [0.3, 0.4) is 0 Å². The van der Waals surface area contributed by atoms with Gasteiger partial charge in [-0.05, 0) is 38.4 Å². The normalized spacial score (nSPS) is 20.2. The first kappa shape index (κ1) is 12.8. The molecule has 1 saturated heterocycles. The molecule has 2 rings (SSSR count). The van der Waals surface area contributed by atoms with E-state index in [4.69, 9.17) is 0 Å². The van der Waals surface area contributed by atoms with Gasteiger partial charge in [0.25, 0.3) is 5.69 Å². The molecule has 1 aromatic carbocycles. The van der Waals surface area contributed by atoms with Gasteiger partial charge in [-0.15, -0.1) is 0 Å². The number of halogens is 1. The molecule has 1 fully saturated rings. The minimum Gasteiger partial charge on any atom is -0.377 e. The lowest BCUT2D eigenvalue weighted by Gasteiger charge is -2.17. The van der Waals surface area contributed by atoms with Crippen molar-refractivity contribution in [3.63, 3.8) is 0 Å². The first-order valence-electron chi connectivity index (χ1n) is 6.08. The summed E-state index contributed by atoms with van der Waals surface area (Å²) in [5.74, 6) is -0.463. The number of hydrogen-bond acceptors (Lipinski definition) is 4. The molecule has 1 aliphatic rings. The van der Waals surface area contributed by atoms with Gasteiger partial charge in [-0.3, -0.25) is 10.1 Å². The lowest BCUT2D eigenvalue weighted by molar-refractivity contribution is -0.384. The molecule has 0 aromatic heterocycles. The number of nitro groups is 1. The van der Waals surface area contributed by atoms with Crippen molar-refractivity contribution in [2.24, 2.45) is 0 Å². The van der Waals surface area contributed by atoms with Crippen molar-refractivity contribution in [2.45, 2.75) is 25.3 Å². The Morgan fingerprint density at radius 3 is 3.00 bits per heavy atom. The molecule has 6 heteroatoms. The second-order valence-corrected chi connectivity index (χ2v) is 4.44. The number of nitrogens with zero attached hydrogens (tertiary/aromatic N) is 1. The number of rotatable bonds is 3. The Morgan fingerprint density at radius 1 is 1.39 bits per heavy atom. The Kier molecular flexibility index (Phi) is 4.09. The summed E-state index contributed by atoms with van der Waals surface area (Å²) in [6.07, 6.45) is 2.83. The third-order valence-electron chi connectivity index (χ3n) is 3.09. The quantitative estimate of drug-likeness (QED) is 0.640. The van der Waals surface area contributed by atoms with Crippen molar-refractivity contribution < 1.29 is 9.31 Å². The molecule has 0 amide bonds. The van der Waals surface area contributed by atoms with Crippen LogP contribution in [0.4, 0.5) is 15.8 Å². The summed E-state index contributed by atoms with van der Waals surface area (Å²) in [4.78, 5) is 10.4. The molecule has 5 nitrogen and oxygen atoms in total. The van der Waals surface area contributed by atoms with Crippen LogP contribution in [-0.4, -0.2) is 24.1 Å². The highest BCUT2D eigenvalue weighted by Gasteiger charge is 2.18. The number of nitrogens with one attached hydrogen (secondary N) is 2. The molecule has 98 valence electrons.